The molecule has 3 rings (SSSR count). The van der Waals surface area contributed by atoms with Crippen molar-refractivity contribution in [3.05, 3.63) is 106 Å². The number of unbranched alkanes of at least 4 members (excludes halogenated alkanes) is 1. The van der Waals surface area contributed by atoms with E-state index >= 15 is 0 Å². The lowest BCUT2D eigenvalue weighted by Crippen LogP contribution is -2.44. The Kier molecular flexibility index (Phi) is 12.2. The monoisotopic (exact) mass is 592 g/mol. The highest BCUT2D eigenvalue weighted by atomic mass is 79.9. The third-order valence-corrected chi connectivity index (χ3v) is 7.07. The molecule has 0 fully saturated rings. The Hall–Kier alpha value is -3.45. The number of halogens is 1. The second-order valence-electron chi connectivity index (χ2n) is 9.42. The number of hydrogen-bond donors (Lipinski definition) is 1. The van der Waals surface area contributed by atoms with Gasteiger partial charge in [-0.1, -0.05) is 102 Å². The van der Waals surface area contributed by atoms with Crippen molar-refractivity contribution in [3.63, 3.8) is 0 Å². The minimum atomic E-state index is -0.806. The van der Waals surface area contributed by atoms with E-state index in [0.29, 0.717) is 13.1 Å². The highest BCUT2D eigenvalue weighted by Crippen LogP contribution is 2.30. The Morgan fingerprint density at radius 3 is 2.10 bits per heavy atom. The molecule has 1 N–H and O–H groups in total. The largest absolute Gasteiger partial charge is 0.466 e. The summed E-state index contributed by atoms with van der Waals surface area (Å²) in [5.74, 6) is -1.12. The Morgan fingerprint density at radius 1 is 0.846 bits per heavy atom. The number of hydrogen-bond acceptors (Lipinski definition) is 4. The standard InChI is InChI=1S/C32H37BrN2O4/c1-3-5-20-35(29(36)21-27(22-30(37)39-4-2)25-14-10-7-11-15-25)31(26-16-18-28(33)19-17-26)32(38)34-23-24-12-8-6-9-13-24/h6-19,27,31H,3-5,20-23H2,1-2H3,(H,34,38)/t27-,31?/m0/s1. The van der Waals surface area contributed by atoms with Crippen LogP contribution in [0.25, 0.3) is 0 Å². The summed E-state index contributed by atoms with van der Waals surface area (Å²) in [6.45, 7) is 4.89. The molecule has 1 unspecified atom stereocenters. The van der Waals surface area contributed by atoms with Crippen molar-refractivity contribution in [1.29, 1.82) is 0 Å². The van der Waals surface area contributed by atoms with E-state index < -0.39 is 6.04 Å². The number of rotatable bonds is 14. The van der Waals surface area contributed by atoms with Crippen LogP contribution in [0.2, 0.25) is 0 Å². The Morgan fingerprint density at radius 2 is 1.49 bits per heavy atom. The van der Waals surface area contributed by atoms with Gasteiger partial charge in [0.1, 0.15) is 6.04 Å². The van der Waals surface area contributed by atoms with Gasteiger partial charge in [0.15, 0.2) is 0 Å². The quantitative estimate of drug-likeness (QED) is 0.215. The number of ether oxygens (including phenoxy) is 1. The number of nitrogens with zero attached hydrogens (tertiary/aromatic N) is 1. The summed E-state index contributed by atoms with van der Waals surface area (Å²) in [4.78, 5) is 41.9. The molecule has 3 aromatic rings. The predicted molar refractivity (Wildman–Crippen MR) is 157 cm³/mol. The van der Waals surface area contributed by atoms with E-state index in [9.17, 15) is 14.4 Å². The fraction of sp³-hybridized carbons (Fsp3) is 0.344. The van der Waals surface area contributed by atoms with Crippen molar-refractivity contribution >= 4 is 33.7 Å². The van der Waals surface area contributed by atoms with Crippen LogP contribution in [0.5, 0.6) is 0 Å². The molecule has 39 heavy (non-hydrogen) atoms. The molecule has 7 heteroatoms. The maximum Gasteiger partial charge on any atom is 0.306 e. The lowest BCUT2D eigenvalue weighted by molar-refractivity contribution is -0.145. The van der Waals surface area contributed by atoms with Gasteiger partial charge < -0.3 is 15.0 Å². The summed E-state index contributed by atoms with van der Waals surface area (Å²) in [6.07, 6.45) is 1.80. The molecule has 0 aliphatic heterocycles. The number of benzene rings is 3. The third-order valence-electron chi connectivity index (χ3n) is 6.54. The molecule has 0 aliphatic rings. The van der Waals surface area contributed by atoms with E-state index in [-0.39, 0.29) is 43.2 Å². The van der Waals surface area contributed by atoms with Crippen molar-refractivity contribution < 1.29 is 19.1 Å². The van der Waals surface area contributed by atoms with Crippen molar-refractivity contribution in [2.45, 2.75) is 58.0 Å². The highest BCUT2D eigenvalue weighted by Gasteiger charge is 2.33. The van der Waals surface area contributed by atoms with Crippen LogP contribution < -0.4 is 5.32 Å². The molecule has 0 bridgehead atoms. The van der Waals surface area contributed by atoms with Crippen molar-refractivity contribution in [2.75, 3.05) is 13.2 Å². The Bertz CT molecular complexity index is 1190. The van der Waals surface area contributed by atoms with Crippen LogP contribution in [0.15, 0.2) is 89.4 Å². The molecule has 0 aromatic heterocycles. The second kappa shape index (κ2) is 15.8. The molecule has 0 spiro atoms. The Balaban J connectivity index is 1.92. The zero-order valence-electron chi connectivity index (χ0n) is 22.6. The average Bonchev–Trinajstić information content (AvgIpc) is 2.95. The molecule has 0 saturated carbocycles. The topological polar surface area (TPSA) is 75.7 Å². The first-order valence-electron chi connectivity index (χ1n) is 13.5. The lowest BCUT2D eigenvalue weighted by Gasteiger charge is -2.33. The van der Waals surface area contributed by atoms with Gasteiger partial charge in [0.05, 0.1) is 13.0 Å². The van der Waals surface area contributed by atoms with E-state index in [2.05, 4.69) is 28.2 Å². The predicted octanol–water partition coefficient (Wildman–Crippen LogP) is 6.56. The zero-order valence-corrected chi connectivity index (χ0v) is 24.2. The van der Waals surface area contributed by atoms with E-state index in [1.54, 1.807) is 11.8 Å². The summed E-state index contributed by atoms with van der Waals surface area (Å²) in [6, 6.07) is 25.9. The fourth-order valence-electron chi connectivity index (χ4n) is 4.51. The molecule has 0 aliphatic carbocycles. The van der Waals surface area contributed by atoms with Crippen LogP contribution in [0.1, 0.15) is 68.2 Å². The lowest BCUT2D eigenvalue weighted by atomic mass is 9.91. The molecule has 2 atom stereocenters. The van der Waals surface area contributed by atoms with Gasteiger partial charge >= 0.3 is 5.97 Å². The van der Waals surface area contributed by atoms with Gasteiger partial charge in [0.2, 0.25) is 11.8 Å². The van der Waals surface area contributed by atoms with Crippen LogP contribution >= 0.6 is 15.9 Å². The first kappa shape index (κ1) is 30.1. The van der Waals surface area contributed by atoms with E-state index in [0.717, 1.165) is 34.0 Å². The van der Waals surface area contributed by atoms with Gasteiger partial charge in [-0.05, 0) is 42.2 Å². The summed E-state index contributed by atoms with van der Waals surface area (Å²) in [5, 5.41) is 3.04. The third kappa shape index (κ3) is 9.36. The number of nitrogens with one attached hydrogen (secondary N) is 1. The van der Waals surface area contributed by atoms with Crippen LogP contribution in [0.4, 0.5) is 0 Å². The molecule has 0 radical (unpaired) electrons. The molecule has 0 heterocycles. The van der Waals surface area contributed by atoms with Crippen molar-refractivity contribution in [3.8, 4) is 0 Å². The van der Waals surface area contributed by atoms with Gasteiger partial charge in [-0.25, -0.2) is 0 Å². The summed E-state index contributed by atoms with van der Waals surface area (Å²) >= 11 is 3.47. The van der Waals surface area contributed by atoms with Gasteiger partial charge in [-0.15, -0.1) is 0 Å². The summed E-state index contributed by atoms with van der Waals surface area (Å²) in [5.41, 5.74) is 2.60. The normalized spacial score (nSPS) is 12.3. The molecular formula is C32H37BrN2O4. The summed E-state index contributed by atoms with van der Waals surface area (Å²) < 4.78 is 6.10. The molecule has 0 saturated heterocycles. The molecule has 3 aromatic carbocycles. The van der Waals surface area contributed by atoms with Crippen LogP contribution in [0, 0.1) is 0 Å². The minimum Gasteiger partial charge on any atom is -0.466 e. The summed E-state index contributed by atoms with van der Waals surface area (Å²) in [7, 11) is 0. The first-order chi connectivity index (χ1) is 18.9. The van der Waals surface area contributed by atoms with Gasteiger partial charge in [-0.3, -0.25) is 14.4 Å². The molecule has 2 amide bonds. The molecule has 206 valence electrons. The fourth-order valence-corrected chi connectivity index (χ4v) is 4.77. The SMILES string of the molecule is CCCCN(C(=O)C[C@@H](CC(=O)OCC)c1ccccc1)C(C(=O)NCc1ccccc1)c1ccc(Br)cc1. The van der Waals surface area contributed by atoms with E-state index in [4.69, 9.17) is 4.74 Å². The zero-order chi connectivity index (χ0) is 28.0. The van der Waals surface area contributed by atoms with Crippen molar-refractivity contribution in [2.24, 2.45) is 0 Å². The van der Waals surface area contributed by atoms with Gasteiger partial charge in [0.25, 0.3) is 0 Å². The number of amides is 2. The average molecular weight is 594 g/mol. The smallest absolute Gasteiger partial charge is 0.306 e. The maximum atomic E-state index is 14.0. The van der Waals surface area contributed by atoms with Crippen molar-refractivity contribution in [1.82, 2.24) is 10.2 Å². The van der Waals surface area contributed by atoms with E-state index in [1.165, 1.54) is 0 Å². The van der Waals surface area contributed by atoms with E-state index in [1.807, 2.05) is 84.9 Å². The maximum absolute atomic E-state index is 14.0. The number of esters is 1. The Labute approximate surface area is 239 Å². The minimum absolute atomic E-state index is 0.0888. The van der Waals surface area contributed by atoms with Crippen LogP contribution in [0.3, 0.4) is 0 Å². The van der Waals surface area contributed by atoms with Crippen LogP contribution in [-0.4, -0.2) is 35.8 Å². The number of carbonyl (C=O) groups excluding carboxylic acids is 3. The highest BCUT2D eigenvalue weighted by molar-refractivity contribution is 9.10. The van der Waals surface area contributed by atoms with Gasteiger partial charge in [0, 0.05) is 29.9 Å². The first-order valence-corrected chi connectivity index (χ1v) is 14.3. The van der Waals surface area contributed by atoms with Crippen LogP contribution in [-0.2, 0) is 25.7 Å². The van der Waals surface area contributed by atoms with Gasteiger partial charge in [-0.2, -0.15) is 0 Å². The second-order valence-corrected chi connectivity index (χ2v) is 10.3. The molecule has 6 nitrogen and oxygen atoms in total. The number of carbonyl (C=O) groups is 3. The molecular weight excluding hydrogens is 556 g/mol.